The zero-order valence-electron chi connectivity index (χ0n) is 11.8. The van der Waals surface area contributed by atoms with E-state index in [1.54, 1.807) is 0 Å². The summed E-state index contributed by atoms with van der Waals surface area (Å²) < 4.78 is 2.10. The van der Waals surface area contributed by atoms with Gasteiger partial charge in [-0.15, -0.1) is 0 Å². The molecule has 0 spiro atoms. The molecule has 0 radical (unpaired) electrons. The van der Waals surface area contributed by atoms with E-state index in [1.807, 2.05) is 18.3 Å². The summed E-state index contributed by atoms with van der Waals surface area (Å²) in [5.74, 6) is 0. The van der Waals surface area contributed by atoms with Crippen molar-refractivity contribution < 1.29 is 0 Å². The van der Waals surface area contributed by atoms with E-state index in [4.69, 9.17) is 0 Å². The maximum Gasteiger partial charge on any atom is 0.108 e. The lowest BCUT2D eigenvalue weighted by Gasteiger charge is -2.22. The fourth-order valence-corrected chi connectivity index (χ4v) is 3.18. The Morgan fingerprint density at radius 3 is 3.15 bits per heavy atom. The maximum atomic E-state index is 9.53. The van der Waals surface area contributed by atoms with Crippen LogP contribution >= 0.6 is 0 Å². The number of rotatable bonds is 4. The number of hydrogen-bond donors (Lipinski definition) is 1. The molecular formula is C16H20N4. The Morgan fingerprint density at radius 1 is 1.50 bits per heavy atom. The van der Waals surface area contributed by atoms with Crippen LogP contribution < -0.4 is 5.32 Å². The van der Waals surface area contributed by atoms with Crippen molar-refractivity contribution in [2.45, 2.75) is 44.2 Å². The second kappa shape index (κ2) is 5.26. The third-order valence-corrected chi connectivity index (χ3v) is 4.27. The first-order valence-corrected chi connectivity index (χ1v) is 7.36. The molecule has 20 heavy (non-hydrogen) atoms. The molecule has 1 aliphatic carbocycles. The average Bonchev–Trinajstić information content (AvgIpc) is 3.09. The van der Waals surface area contributed by atoms with Gasteiger partial charge in [0.15, 0.2) is 0 Å². The fraction of sp³-hybridized carbons (Fsp3) is 0.500. The fourth-order valence-electron chi connectivity index (χ4n) is 3.18. The Labute approximate surface area is 119 Å². The number of hydrogen-bond acceptors (Lipinski definition) is 3. The highest BCUT2D eigenvalue weighted by molar-refractivity contribution is 5.78. The predicted octanol–water partition coefficient (Wildman–Crippen LogP) is 3.02. The van der Waals surface area contributed by atoms with Crippen LogP contribution in [0.25, 0.3) is 10.9 Å². The molecule has 4 nitrogen and oxygen atoms in total. The standard InChI is InChI=1S/C16H20N4/c1-2-9-18-16(12-17)8-7-14(10-16)20-15-6-4-3-5-13(15)11-19-20/h3-6,11,14,18H,2,7-10H2,1H3. The number of aromatic nitrogens is 2. The molecule has 1 N–H and O–H groups in total. The molecule has 1 aliphatic rings. The molecule has 0 aliphatic heterocycles. The smallest absolute Gasteiger partial charge is 0.108 e. The number of para-hydroxylation sites is 1. The number of benzene rings is 1. The first kappa shape index (κ1) is 13.1. The van der Waals surface area contributed by atoms with E-state index < -0.39 is 0 Å². The third-order valence-electron chi connectivity index (χ3n) is 4.27. The summed E-state index contributed by atoms with van der Waals surface area (Å²) in [6.07, 6.45) is 5.73. The summed E-state index contributed by atoms with van der Waals surface area (Å²) in [6.45, 7) is 3.03. The van der Waals surface area contributed by atoms with E-state index in [1.165, 1.54) is 10.9 Å². The molecule has 2 atom stereocenters. The summed E-state index contributed by atoms with van der Waals surface area (Å²) in [5, 5.41) is 18.7. The second-order valence-corrected chi connectivity index (χ2v) is 5.67. The van der Waals surface area contributed by atoms with Gasteiger partial charge in [-0.3, -0.25) is 10.00 Å². The van der Waals surface area contributed by atoms with Crippen molar-refractivity contribution in [1.29, 1.82) is 5.26 Å². The number of fused-ring (bicyclic) bond motifs is 1. The first-order chi connectivity index (χ1) is 9.78. The van der Waals surface area contributed by atoms with Gasteiger partial charge in [-0.25, -0.2) is 0 Å². The van der Waals surface area contributed by atoms with Crippen LogP contribution in [0.4, 0.5) is 0 Å². The molecule has 0 bridgehead atoms. The third kappa shape index (κ3) is 2.19. The number of nitriles is 1. The summed E-state index contributed by atoms with van der Waals surface area (Å²) >= 11 is 0. The molecule has 2 aromatic rings. The number of nitrogens with one attached hydrogen (secondary N) is 1. The van der Waals surface area contributed by atoms with Crippen LogP contribution in [-0.2, 0) is 0 Å². The molecule has 1 aromatic carbocycles. The van der Waals surface area contributed by atoms with Crippen molar-refractivity contribution in [3.8, 4) is 6.07 Å². The van der Waals surface area contributed by atoms with E-state index in [9.17, 15) is 5.26 Å². The molecule has 3 rings (SSSR count). The summed E-state index contributed by atoms with van der Waals surface area (Å²) in [6, 6.07) is 11.1. The Balaban J connectivity index is 1.85. The van der Waals surface area contributed by atoms with E-state index in [2.05, 4.69) is 40.2 Å². The first-order valence-electron chi connectivity index (χ1n) is 7.36. The van der Waals surface area contributed by atoms with Gasteiger partial charge in [0.2, 0.25) is 0 Å². The van der Waals surface area contributed by atoms with E-state index in [0.29, 0.717) is 6.04 Å². The quantitative estimate of drug-likeness (QED) is 0.927. The van der Waals surface area contributed by atoms with Crippen LogP contribution in [0.1, 0.15) is 38.6 Å². The van der Waals surface area contributed by atoms with Crippen LogP contribution in [0, 0.1) is 11.3 Å². The minimum atomic E-state index is -0.367. The monoisotopic (exact) mass is 268 g/mol. The van der Waals surface area contributed by atoms with Gasteiger partial charge >= 0.3 is 0 Å². The zero-order valence-corrected chi connectivity index (χ0v) is 11.8. The lowest BCUT2D eigenvalue weighted by atomic mass is 9.99. The lowest BCUT2D eigenvalue weighted by molar-refractivity contribution is 0.393. The van der Waals surface area contributed by atoms with Crippen molar-refractivity contribution >= 4 is 10.9 Å². The van der Waals surface area contributed by atoms with E-state index in [-0.39, 0.29) is 5.54 Å². The van der Waals surface area contributed by atoms with Gasteiger partial charge in [0, 0.05) is 11.8 Å². The lowest BCUT2D eigenvalue weighted by Crippen LogP contribution is -2.42. The summed E-state index contributed by atoms with van der Waals surface area (Å²) in [4.78, 5) is 0. The largest absolute Gasteiger partial charge is 0.299 e. The molecule has 0 saturated heterocycles. The van der Waals surface area contributed by atoms with Gasteiger partial charge in [-0.1, -0.05) is 25.1 Å². The van der Waals surface area contributed by atoms with Gasteiger partial charge in [0.25, 0.3) is 0 Å². The Kier molecular flexibility index (Phi) is 3.45. The van der Waals surface area contributed by atoms with Crippen molar-refractivity contribution in [3.05, 3.63) is 30.5 Å². The van der Waals surface area contributed by atoms with Crippen LogP contribution in [0.5, 0.6) is 0 Å². The van der Waals surface area contributed by atoms with Crippen LogP contribution in [0.15, 0.2) is 30.5 Å². The SMILES string of the molecule is CCCNC1(C#N)CCC(n2ncc3ccccc32)C1. The maximum absolute atomic E-state index is 9.53. The van der Waals surface area contributed by atoms with Crippen LogP contribution in [0.2, 0.25) is 0 Å². The highest BCUT2D eigenvalue weighted by Gasteiger charge is 2.40. The van der Waals surface area contributed by atoms with Gasteiger partial charge < -0.3 is 0 Å². The number of nitrogens with zero attached hydrogens (tertiary/aromatic N) is 3. The molecule has 1 aromatic heterocycles. The van der Waals surface area contributed by atoms with Gasteiger partial charge in [-0.2, -0.15) is 10.4 Å². The van der Waals surface area contributed by atoms with E-state index >= 15 is 0 Å². The van der Waals surface area contributed by atoms with Crippen LogP contribution in [-0.4, -0.2) is 21.9 Å². The normalized spacial score (nSPS) is 25.9. The topological polar surface area (TPSA) is 53.6 Å². The Bertz CT molecular complexity index is 639. The van der Waals surface area contributed by atoms with Gasteiger partial charge in [0.1, 0.15) is 5.54 Å². The molecule has 1 heterocycles. The van der Waals surface area contributed by atoms with Crippen molar-refractivity contribution in [3.63, 3.8) is 0 Å². The minimum Gasteiger partial charge on any atom is -0.299 e. The minimum absolute atomic E-state index is 0.318. The highest BCUT2D eigenvalue weighted by atomic mass is 15.3. The molecule has 4 heteroatoms. The molecular weight excluding hydrogens is 248 g/mol. The molecule has 1 saturated carbocycles. The molecule has 1 fully saturated rings. The summed E-state index contributed by atoms with van der Waals surface area (Å²) in [5.41, 5.74) is 0.801. The predicted molar refractivity (Wildman–Crippen MR) is 79.3 cm³/mol. The van der Waals surface area contributed by atoms with Crippen molar-refractivity contribution in [1.82, 2.24) is 15.1 Å². The van der Waals surface area contributed by atoms with Crippen LogP contribution in [0.3, 0.4) is 0 Å². The zero-order chi connectivity index (χ0) is 14.0. The Morgan fingerprint density at radius 2 is 2.35 bits per heavy atom. The van der Waals surface area contributed by atoms with Gasteiger partial charge in [0.05, 0.1) is 23.8 Å². The summed E-state index contributed by atoms with van der Waals surface area (Å²) in [7, 11) is 0. The molecule has 104 valence electrons. The van der Waals surface area contributed by atoms with Gasteiger partial charge in [-0.05, 0) is 31.9 Å². The molecule has 0 amide bonds. The van der Waals surface area contributed by atoms with Crippen molar-refractivity contribution in [2.75, 3.05) is 6.54 Å². The average molecular weight is 268 g/mol. The second-order valence-electron chi connectivity index (χ2n) is 5.67. The Hall–Kier alpha value is -1.86. The highest BCUT2D eigenvalue weighted by Crippen LogP contribution is 2.38. The molecule has 2 unspecified atom stereocenters. The van der Waals surface area contributed by atoms with Crippen molar-refractivity contribution in [2.24, 2.45) is 0 Å². The van der Waals surface area contributed by atoms with E-state index in [0.717, 1.165) is 32.2 Å².